The molecule has 0 aromatic carbocycles. The standard InChI is InChI=1S/C7H10O2/c1-6-4-3-5-8-7(2)9-6/h1-5H2. The van der Waals surface area contributed by atoms with Crippen molar-refractivity contribution in [2.24, 2.45) is 0 Å². The first-order valence-electron chi connectivity index (χ1n) is 2.96. The Morgan fingerprint density at radius 2 is 2.11 bits per heavy atom. The number of allylic oxidation sites excluding steroid dienone is 1. The summed E-state index contributed by atoms with van der Waals surface area (Å²) in [5, 5.41) is 0. The Morgan fingerprint density at radius 3 is 2.89 bits per heavy atom. The van der Waals surface area contributed by atoms with Crippen LogP contribution in [0.25, 0.3) is 0 Å². The Labute approximate surface area is 54.8 Å². The molecule has 0 aromatic rings. The van der Waals surface area contributed by atoms with E-state index in [4.69, 9.17) is 9.47 Å². The highest BCUT2D eigenvalue weighted by Crippen LogP contribution is 2.14. The van der Waals surface area contributed by atoms with Gasteiger partial charge < -0.3 is 9.47 Å². The minimum atomic E-state index is 0.373. The first-order valence-corrected chi connectivity index (χ1v) is 2.96. The van der Waals surface area contributed by atoms with Gasteiger partial charge in [-0.15, -0.1) is 0 Å². The van der Waals surface area contributed by atoms with Crippen molar-refractivity contribution in [3.63, 3.8) is 0 Å². The molecular formula is C7H10O2. The van der Waals surface area contributed by atoms with Crippen LogP contribution in [0.1, 0.15) is 12.8 Å². The van der Waals surface area contributed by atoms with E-state index >= 15 is 0 Å². The third-order valence-corrected chi connectivity index (χ3v) is 1.12. The molecule has 1 aliphatic rings. The van der Waals surface area contributed by atoms with E-state index in [9.17, 15) is 0 Å². The van der Waals surface area contributed by atoms with Crippen molar-refractivity contribution < 1.29 is 9.47 Å². The molecule has 0 aromatic heterocycles. The summed E-state index contributed by atoms with van der Waals surface area (Å²) in [4.78, 5) is 0. The molecule has 0 bridgehead atoms. The molecule has 0 N–H and O–H groups in total. The predicted octanol–water partition coefficient (Wildman–Crippen LogP) is 1.80. The molecule has 0 aliphatic carbocycles. The molecule has 2 nitrogen and oxygen atoms in total. The smallest absolute Gasteiger partial charge is 0.276 e. The zero-order valence-electron chi connectivity index (χ0n) is 5.35. The summed E-state index contributed by atoms with van der Waals surface area (Å²) in [6.07, 6.45) is 1.84. The molecule has 1 fully saturated rings. The fraction of sp³-hybridized carbons (Fsp3) is 0.429. The Kier molecular flexibility index (Phi) is 1.78. The van der Waals surface area contributed by atoms with Crippen LogP contribution in [0, 0.1) is 0 Å². The molecule has 1 aliphatic heterocycles. The van der Waals surface area contributed by atoms with E-state index in [1.807, 2.05) is 0 Å². The van der Waals surface area contributed by atoms with E-state index in [1.54, 1.807) is 0 Å². The van der Waals surface area contributed by atoms with Gasteiger partial charge in [0.2, 0.25) is 0 Å². The van der Waals surface area contributed by atoms with Gasteiger partial charge >= 0.3 is 0 Å². The topological polar surface area (TPSA) is 18.5 Å². The number of hydrogen-bond donors (Lipinski definition) is 0. The van der Waals surface area contributed by atoms with Crippen LogP contribution in [-0.4, -0.2) is 6.61 Å². The zero-order chi connectivity index (χ0) is 6.69. The predicted molar refractivity (Wildman–Crippen MR) is 34.6 cm³/mol. The second kappa shape index (κ2) is 2.58. The van der Waals surface area contributed by atoms with Crippen LogP contribution in [0.5, 0.6) is 0 Å². The Morgan fingerprint density at radius 1 is 1.33 bits per heavy atom. The van der Waals surface area contributed by atoms with Gasteiger partial charge in [0.05, 0.1) is 6.61 Å². The fourth-order valence-corrected chi connectivity index (χ4v) is 0.697. The van der Waals surface area contributed by atoms with Crippen molar-refractivity contribution in [2.75, 3.05) is 6.61 Å². The third kappa shape index (κ3) is 1.80. The Balaban J connectivity index is 2.47. The van der Waals surface area contributed by atoms with E-state index < -0.39 is 0 Å². The third-order valence-electron chi connectivity index (χ3n) is 1.12. The van der Waals surface area contributed by atoms with E-state index in [0.717, 1.165) is 18.6 Å². The number of hydrogen-bond acceptors (Lipinski definition) is 2. The Hall–Kier alpha value is -0.920. The Bertz CT molecular complexity index is 122. The van der Waals surface area contributed by atoms with Gasteiger partial charge in [0.1, 0.15) is 5.76 Å². The molecule has 0 spiro atoms. The van der Waals surface area contributed by atoms with Crippen LogP contribution >= 0.6 is 0 Å². The molecule has 9 heavy (non-hydrogen) atoms. The summed E-state index contributed by atoms with van der Waals surface area (Å²) >= 11 is 0. The van der Waals surface area contributed by atoms with Crippen LogP contribution < -0.4 is 0 Å². The first-order chi connectivity index (χ1) is 4.29. The van der Waals surface area contributed by atoms with E-state index in [-0.39, 0.29) is 0 Å². The second-order valence-corrected chi connectivity index (χ2v) is 1.96. The first kappa shape index (κ1) is 6.20. The van der Waals surface area contributed by atoms with Gasteiger partial charge in [-0.1, -0.05) is 6.58 Å². The fourth-order valence-electron chi connectivity index (χ4n) is 0.697. The molecular weight excluding hydrogens is 116 g/mol. The maximum Gasteiger partial charge on any atom is 0.276 e. The van der Waals surface area contributed by atoms with Crippen molar-refractivity contribution >= 4 is 0 Å². The summed E-state index contributed by atoms with van der Waals surface area (Å²) in [5.74, 6) is 1.12. The van der Waals surface area contributed by atoms with E-state index in [0.29, 0.717) is 12.6 Å². The maximum absolute atomic E-state index is 5.00. The van der Waals surface area contributed by atoms with Crippen LogP contribution in [0.3, 0.4) is 0 Å². The van der Waals surface area contributed by atoms with Crippen LogP contribution in [0.2, 0.25) is 0 Å². The van der Waals surface area contributed by atoms with Crippen molar-refractivity contribution in [1.29, 1.82) is 0 Å². The molecule has 0 amide bonds. The highest BCUT2D eigenvalue weighted by Gasteiger charge is 2.05. The van der Waals surface area contributed by atoms with Gasteiger partial charge in [-0.3, -0.25) is 0 Å². The number of rotatable bonds is 0. The minimum absolute atomic E-state index is 0.373. The maximum atomic E-state index is 5.00. The zero-order valence-corrected chi connectivity index (χ0v) is 5.35. The normalized spacial score (nSPS) is 20.0. The molecule has 0 radical (unpaired) electrons. The summed E-state index contributed by atoms with van der Waals surface area (Å²) in [7, 11) is 0. The quantitative estimate of drug-likeness (QED) is 0.492. The molecule has 0 saturated carbocycles. The average Bonchev–Trinajstić information content (AvgIpc) is 1.93. The van der Waals surface area contributed by atoms with Crippen molar-refractivity contribution in [2.45, 2.75) is 12.8 Å². The summed E-state index contributed by atoms with van der Waals surface area (Å²) < 4.78 is 10.00. The molecule has 0 unspecified atom stereocenters. The SMILES string of the molecule is C=C1CCCOC(=C)O1. The van der Waals surface area contributed by atoms with Gasteiger partial charge in [0.15, 0.2) is 0 Å². The summed E-state index contributed by atoms with van der Waals surface area (Å²) in [6, 6.07) is 0. The molecule has 50 valence electrons. The van der Waals surface area contributed by atoms with Gasteiger partial charge in [-0.25, -0.2) is 0 Å². The van der Waals surface area contributed by atoms with Gasteiger partial charge in [-0.05, 0) is 13.0 Å². The molecule has 1 saturated heterocycles. The lowest BCUT2D eigenvalue weighted by molar-refractivity contribution is 0.0912. The van der Waals surface area contributed by atoms with Crippen LogP contribution in [-0.2, 0) is 9.47 Å². The average molecular weight is 126 g/mol. The van der Waals surface area contributed by atoms with Crippen LogP contribution in [0.15, 0.2) is 24.9 Å². The van der Waals surface area contributed by atoms with Crippen molar-refractivity contribution in [3.8, 4) is 0 Å². The van der Waals surface area contributed by atoms with E-state index in [2.05, 4.69) is 13.2 Å². The largest absolute Gasteiger partial charge is 0.466 e. The van der Waals surface area contributed by atoms with Crippen molar-refractivity contribution in [1.82, 2.24) is 0 Å². The van der Waals surface area contributed by atoms with Crippen LogP contribution in [0.4, 0.5) is 0 Å². The molecule has 1 heterocycles. The molecule has 1 rings (SSSR count). The summed E-state index contributed by atoms with van der Waals surface area (Å²) in [5.41, 5.74) is 0. The molecule has 0 atom stereocenters. The van der Waals surface area contributed by atoms with Gasteiger partial charge in [0.25, 0.3) is 5.95 Å². The highest BCUT2D eigenvalue weighted by atomic mass is 16.7. The van der Waals surface area contributed by atoms with E-state index in [1.165, 1.54) is 0 Å². The van der Waals surface area contributed by atoms with Gasteiger partial charge in [-0.2, -0.15) is 0 Å². The second-order valence-electron chi connectivity index (χ2n) is 1.96. The lowest BCUT2D eigenvalue weighted by atomic mass is 10.3. The van der Waals surface area contributed by atoms with Gasteiger partial charge in [0, 0.05) is 6.42 Å². The highest BCUT2D eigenvalue weighted by molar-refractivity contribution is 4.89. The summed E-state index contributed by atoms with van der Waals surface area (Å²) in [6.45, 7) is 7.87. The lowest BCUT2D eigenvalue weighted by Crippen LogP contribution is -1.89. The number of ether oxygens (including phenoxy) is 2. The minimum Gasteiger partial charge on any atom is -0.466 e. The molecule has 2 heteroatoms. The lowest BCUT2D eigenvalue weighted by Gasteiger charge is -2.03. The van der Waals surface area contributed by atoms with Crippen molar-refractivity contribution in [3.05, 3.63) is 24.9 Å². The monoisotopic (exact) mass is 126 g/mol.